The van der Waals surface area contributed by atoms with Crippen LogP contribution in [0.15, 0.2) is 22.5 Å². The normalized spacial score (nSPS) is 21.4. The first-order valence-corrected chi connectivity index (χ1v) is 8.45. The molecule has 0 saturated carbocycles. The third kappa shape index (κ3) is 3.29. The van der Waals surface area contributed by atoms with Gasteiger partial charge in [0.2, 0.25) is 0 Å². The van der Waals surface area contributed by atoms with Gasteiger partial charge < -0.3 is 5.32 Å². The fourth-order valence-corrected chi connectivity index (χ4v) is 4.13. The first kappa shape index (κ1) is 13.9. The van der Waals surface area contributed by atoms with Crippen LogP contribution < -0.4 is 5.32 Å². The van der Waals surface area contributed by atoms with Crippen LogP contribution in [0.2, 0.25) is 0 Å². The molecule has 0 bridgehead atoms. The van der Waals surface area contributed by atoms with Crippen molar-refractivity contribution in [1.82, 2.24) is 5.32 Å². The Morgan fingerprint density at radius 3 is 2.61 bits per heavy atom. The molecule has 1 unspecified atom stereocenters. The monoisotopic (exact) mass is 282 g/mol. The highest BCUT2D eigenvalue weighted by Gasteiger charge is 2.24. The van der Waals surface area contributed by atoms with E-state index in [2.05, 4.69) is 50.5 Å². The molecular formula is C14H22N2S2. The highest BCUT2D eigenvalue weighted by molar-refractivity contribution is 8.14. The second-order valence-electron chi connectivity index (χ2n) is 5.44. The number of hydrogen-bond acceptors (Lipinski definition) is 4. The molecule has 0 saturated heterocycles. The molecule has 1 aliphatic rings. The smallest absolute Gasteiger partial charge is 0.157 e. The van der Waals surface area contributed by atoms with Crippen molar-refractivity contribution in [2.45, 2.75) is 39.8 Å². The summed E-state index contributed by atoms with van der Waals surface area (Å²) in [6.45, 7) is 9.02. The van der Waals surface area contributed by atoms with E-state index in [1.165, 1.54) is 4.88 Å². The maximum absolute atomic E-state index is 4.79. The van der Waals surface area contributed by atoms with Gasteiger partial charge in [0, 0.05) is 10.6 Å². The zero-order chi connectivity index (χ0) is 13.1. The first-order valence-electron chi connectivity index (χ1n) is 6.58. The number of thioether (sulfide) groups is 1. The Labute approximate surface area is 118 Å². The summed E-state index contributed by atoms with van der Waals surface area (Å²) in [6, 6.07) is 5.20. The summed E-state index contributed by atoms with van der Waals surface area (Å²) >= 11 is 3.69. The zero-order valence-electron chi connectivity index (χ0n) is 11.5. The topological polar surface area (TPSA) is 24.4 Å². The molecule has 1 aromatic rings. The SMILES string of the molecule is CC(C)C(NC1=N[C@@H](C(C)C)CS1)c1cccs1. The van der Waals surface area contributed by atoms with E-state index in [9.17, 15) is 0 Å². The summed E-state index contributed by atoms with van der Waals surface area (Å²) in [4.78, 5) is 6.20. The van der Waals surface area contributed by atoms with Crippen LogP contribution in [0.1, 0.15) is 38.6 Å². The molecule has 0 fully saturated rings. The van der Waals surface area contributed by atoms with Gasteiger partial charge in [-0.25, -0.2) is 0 Å². The summed E-state index contributed by atoms with van der Waals surface area (Å²) in [5.74, 6) is 2.33. The molecule has 4 heteroatoms. The fourth-order valence-electron chi connectivity index (χ4n) is 1.98. The average Bonchev–Trinajstić information content (AvgIpc) is 2.96. The van der Waals surface area contributed by atoms with Gasteiger partial charge in [-0.05, 0) is 23.3 Å². The predicted molar refractivity (Wildman–Crippen MR) is 83.6 cm³/mol. The fraction of sp³-hybridized carbons (Fsp3) is 0.643. The minimum absolute atomic E-state index is 0.391. The van der Waals surface area contributed by atoms with Gasteiger partial charge in [0.05, 0.1) is 12.1 Å². The second-order valence-corrected chi connectivity index (χ2v) is 7.43. The number of nitrogens with zero attached hydrogens (tertiary/aromatic N) is 1. The number of amidine groups is 1. The second kappa shape index (κ2) is 6.11. The Morgan fingerprint density at radius 2 is 2.11 bits per heavy atom. The van der Waals surface area contributed by atoms with Gasteiger partial charge in [0.25, 0.3) is 0 Å². The summed E-state index contributed by atoms with van der Waals surface area (Å²) in [7, 11) is 0. The van der Waals surface area contributed by atoms with Crippen molar-refractivity contribution < 1.29 is 0 Å². The van der Waals surface area contributed by atoms with Crippen molar-refractivity contribution in [3.05, 3.63) is 22.4 Å². The minimum Gasteiger partial charge on any atom is -0.357 e. The highest BCUT2D eigenvalue weighted by atomic mass is 32.2. The molecule has 2 heterocycles. The van der Waals surface area contributed by atoms with Crippen LogP contribution in [0.25, 0.3) is 0 Å². The molecule has 2 nitrogen and oxygen atoms in total. The van der Waals surface area contributed by atoms with Gasteiger partial charge >= 0.3 is 0 Å². The summed E-state index contributed by atoms with van der Waals surface area (Å²) < 4.78 is 0. The zero-order valence-corrected chi connectivity index (χ0v) is 13.1. The van der Waals surface area contributed by atoms with Crippen LogP contribution in [0.3, 0.4) is 0 Å². The van der Waals surface area contributed by atoms with Crippen molar-refractivity contribution in [3.63, 3.8) is 0 Å². The van der Waals surface area contributed by atoms with E-state index >= 15 is 0 Å². The summed E-state index contributed by atoms with van der Waals surface area (Å²) in [6.07, 6.45) is 0. The van der Waals surface area contributed by atoms with E-state index in [0.29, 0.717) is 23.9 Å². The summed E-state index contributed by atoms with van der Waals surface area (Å²) in [5.41, 5.74) is 0. The van der Waals surface area contributed by atoms with Crippen molar-refractivity contribution in [1.29, 1.82) is 0 Å². The number of rotatable bonds is 4. The molecule has 1 aromatic heterocycles. The predicted octanol–water partition coefficient (Wildman–Crippen LogP) is 4.16. The molecule has 1 aliphatic heterocycles. The standard InChI is InChI=1S/C14H22N2S2/c1-9(2)11-8-18-14(15-11)16-13(10(3)4)12-6-5-7-17-12/h5-7,9-11,13H,8H2,1-4H3,(H,15,16)/t11-,13?/m1/s1. The van der Waals surface area contributed by atoms with Crippen LogP contribution in [0.5, 0.6) is 0 Å². The van der Waals surface area contributed by atoms with Gasteiger partial charge in [-0.2, -0.15) is 0 Å². The maximum atomic E-state index is 4.79. The number of thiophene rings is 1. The molecule has 0 aromatic carbocycles. The van der Waals surface area contributed by atoms with Gasteiger partial charge in [0.15, 0.2) is 5.17 Å². The van der Waals surface area contributed by atoms with Crippen LogP contribution >= 0.6 is 23.1 Å². The largest absolute Gasteiger partial charge is 0.357 e. The number of aliphatic imine (C=N–C) groups is 1. The van der Waals surface area contributed by atoms with Gasteiger partial charge in [-0.3, -0.25) is 4.99 Å². The lowest BCUT2D eigenvalue weighted by Gasteiger charge is -2.21. The molecule has 100 valence electrons. The number of hydrogen-bond donors (Lipinski definition) is 1. The summed E-state index contributed by atoms with van der Waals surface area (Å²) in [5, 5.41) is 6.90. The van der Waals surface area contributed by atoms with Crippen LogP contribution in [0.4, 0.5) is 0 Å². The molecular weight excluding hydrogens is 260 g/mol. The minimum atomic E-state index is 0.391. The molecule has 0 spiro atoms. The van der Waals surface area contributed by atoms with Crippen molar-refractivity contribution in [2.75, 3.05) is 5.75 Å². The van der Waals surface area contributed by atoms with E-state index in [1.807, 2.05) is 23.1 Å². The molecule has 0 amide bonds. The third-order valence-electron chi connectivity index (χ3n) is 3.24. The molecule has 18 heavy (non-hydrogen) atoms. The molecule has 2 rings (SSSR count). The lowest BCUT2D eigenvalue weighted by Crippen LogP contribution is -2.28. The molecule has 0 radical (unpaired) electrons. The van der Waals surface area contributed by atoms with Crippen LogP contribution in [-0.2, 0) is 0 Å². The molecule has 1 N–H and O–H groups in total. The highest BCUT2D eigenvalue weighted by Crippen LogP contribution is 2.29. The van der Waals surface area contributed by atoms with E-state index in [1.54, 1.807) is 0 Å². The lowest BCUT2D eigenvalue weighted by atomic mass is 10.0. The van der Waals surface area contributed by atoms with Crippen molar-refractivity contribution in [2.24, 2.45) is 16.8 Å². The Balaban J connectivity index is 2.05. The Kier molecular flexibility index (Phi) is 4.73. The number of nitrogens with one attached hydrogen (secondary N) is 1. The lowest BCUT2D eigenvalue weighted by molar-refractivity contribution is 0.478. The Hall–Kier alpha value is -0.480. The Morgan fingerprint density at radius 1 is 1.33 bits per heavy atom. The first-order chi connectivity index (χ1) is 8.58. The van der Waals surface area contributed by atoms with Gasteiger partial charge in [-0.1, -0.05) is 45.5 Å². The van der Waals surface area contributed by atoms with Crippen molar-refractivity contribution in [3.8, 4) is 0 Å². The van der Waals surface area contributed by atoms with E-state index in [0.717, 1.165) is 10.9 Å². The molecule has 0 aliphatic carbocycles. The Bertz CT molecular complexity index is 396. The van der Waals surface area contributed by atoms with E-state index in [4.69, 9.17) is 4.99 Å². The van der Waals surface area contributed by atoms with Crippen molar-refractivity contribution >= 4 is 28.3 Å². The van der Waals surface area contributed by atoms with Crippen LogP contribution in [-0.4, -0.2) is 17.0 Å². The average molecular weight is 282 g/mol. The third-order valence-corrected chi connectivity index (χ3v) is 5.20. The maximum Gasteiger partial charge on any atom is 0.157 e. The van der Waals surface area contributed by atoms with E-state index in [-0.39, 0.29) is 0 Å². The van der Waals surface area contributed by atoms with Gasteiger partial charge in [-0.15, -0.1) is 11.3 Å². The quantitative estimate of drug-likeness (QED) is 0.896. The van der Waals surface area contributed by atoms with E-state index < -0.39 is 0 Å². The van der Waals surface area contributed by atoms with Crippen LogP contribution in [0, 0.1) is 11.8 Å². The van der Waals surface area contributed by atoms with Gasteiger partial charge in [0.1, 0.15) is 0 Å². The molecule has 2 atom stereocenters.